The van der Waals surface area contributed by atoms with Gasteiger partial charge in [-0.25, -0.2) is 15.0 Å². The summed E-state index contributed by atoms with van der Waals surface area (Å²) in [5.41, 5.74) is 17.8. The molecule has 0 unspecified atom stereocenters. The average molecular weight is 507 g/mol. The Balaban J connectivity index is 1.86. The van der Waals surface area contributed by atoms with Gasteiger partial charge in [0.2, 0.25) is 0 Å². The first kappa shape index (κ1) is 25.9. The molecule has 4 aliphatic heterocycles. The normalized spacial score (nSPS) is 20.3. The van der Waals surface area contributed by atoms with Gasteiger partial charge in [-0.15, -0.1) is 0 Å². The minimum atomic E-state index is 0.672. The van der Waals surface area contributed by atoms with Gasteiger partial charge in [0.1, 0.15) is 0 Å². The predicted molar refractivity (Wildman–Crippen MR) is 161 cm³/mol. The van der Waals surface area contributed by atoms with Gasteiger partial charge in [0, 0.05) is 11.4 Å². The molecule has 4 aliphatic rings. The lowest BCUT2D eigenvalue weighted by Gasteiger charge is -2.09. The summed E-state index contributed by atoms with van der Waals surface area (Å²) < 4.78 is 0. The van der Waals surface area contributed by atoms with Crippen molar-refractivity contribution >= 4 is 29.3 Å². The van der Waals surface area contributed by atoms with Gasteiger partial charge >= 0.3 is 0 Å². The van der Waals surface area contributed by atoms with Crippen LogP contribution in [0, 0.1) is 6.92 Å². The maximum Gasteiger partial charge on any atom is 0.0907 e. The maximum absolute atomic E-state index is 10.5. The van der Waals surface area contributed by atoms with Crippen molar-refractivity contribution in [2.45, 2.75) is 81.1 Å². The summed E-state index contributed by atoms with van der Waals surface area (Å²) in [5, 5.41) is 10.5. The zero-order chi connectivity index (χ0) is 27.3. The van der Waals surface area contributed by atoms with Crippen LogP contribution in [0.5, 0.6) is 0 Å². The first-order chi connectivity index (χ1) is 18.3. The van der Waals surface area contributed by atoms with E-state index < -0.39 is 0 Å². The van der Waals surface area contributed by atoms with Gasteiger partial charge in [0.25, 0.3) is 0 Å². The fourth-order valence-corrected chi connectivity index (χ4v) is 6.24. The molecule has 0 radical (unpaired) electrons. The Kier molecular flexibility index (Phi) is 6.72. The summed E-state index contributed by atoms with van der Waals surface area (Å²) in [6.45, 7) is 17.3. The molecule has 2 N–H and O–H groups in total. The number of aromatic nitrogens is 1. The lowest BCUT2D eigenvalue weighted by atomic mass is 9.93. The molecule has 38 heavy (non-hydrogen) atoms. The van der Waals surface area contributed by atoms with Crippen LogP contribution in [0.3, 0.4) is 0 Å². The molecule has 1 aromatic heterocycles. The Morgan fingerprint density at radius 3 is 1.74 bits per heavy atom. The third-order valence-corrected chi connectivity index (χ3v) is 8.43. The summed E-state index contributed by atoms with van der Waals surface area (Å²) in [6, 6.07) is 0. The van der Waals surface area contributed by atoms with Crippen molar-refractivity contribution in [1.82, 2.24) is 4.98 Å². The van der Waals surface area contributed by atoms with E-state index in [-0.39, 0.29) is 0 Å². The molecule has 0 saturated heterocycles. The number of rotatable bonds is 4. The highest BCUT2D eigenvalue weighted by atomic mass is 16.2. The van der Waals surface area contributed by atoms with Crippen molar-refractivity contribution in [3.05, 3.63) is 91.0 Å². The Bertz CT molecular complexity index is 1570. The number of aromatic amines is 1. The first-order valence-corrected chi connectivity index (χ1v) is 13.9. The molecule has 5 heterocycles. The van der Waals surface area contributed by atoms with Crippen LogP contribution in [0.25, 0.3) is 12.2 Å². The van der Waals surface area contributed by atoms with E-state index in [1.807, 2.05) is 0 Å². The van der Waals surface area contributed by atoms with Crippen molar-refractivity contribution in [3.63, 3.8) is 0 Å². The molecule has 5 heteroatoms. The second kappa shape index (κ2) is 9.86. The zero-order valence-corrected chi connectivity index (χ0v) is 23.9. The molecule has 196 valence electrons. The quantitative estimate of drug-likeness (QED) is 0.395. The highest BCUT2D eigenvalue weighted by Crippen LogP contribution is 2.39. The number of hydrogen-bond acceptors (Lipinski definition) is 4. The molecule has 8 bridgehead atoms. The number of aliphatic hydroxyl groups excluding tert-OH is 1. The Hall–Kier alpha value is -3.73. The van der Waals surface area contributed by atoms with E-state index in [9.17, 15) is 5.11 Å². The molecule has 0 spiro atoms. The van der Waals surface area contributed by atoms with E-state index in [2.05, 4.69) is 78.6 Å². The molecule has 1 aromatic rings. The molecular weight excluding hydrogens is 468 g/mol. The zero-order valence-electron chi connectivity index (χ0n) is 23.9. The second-order valence-electron chi connectivity index (χ2n) is 10.3. The van der Waals surface area contributed by atoms with Gasteiger partial charge in [0.15, 0.2) is 0 Å². The van der Waals surface area contributed by atoms with Gasteiger partial charge in [-0.05, 0) is 116 Å². The van der Waals surface area contributed by atoms with Crippen LogP contribution in [-0.4, -0.2) is 27.2 Å². The number of nitrogens with zero attached hydrogens (tertiary/aromatic N) is 3. The van der Waals surface area contributed by atoms with Crippen LogP contribution in [0.15, 0.2) is 83.4 Å². The van der Waals surface area contributed by atoms with Gasteiger partial charge in [-0.2, -0.15) is 0 Å². The molecule has 0 amide bonds. The minimum Gasteiger partial charge on any atom is -0.515 e. The third kappa shape index (κ3) is 3.87. The fraction of sp³-hybridized carbons (Fsp3) is 0.364. The van der Waals surface area contributed by atoms with Crippen LogP contribution in [0.4, 0.5) is 0 Å². The minimum absolute atomic E-state index is 0.672. The van der Waals surface area contributed by atoms with Crippen LogP contribution in [0.1, 0.15) is 90.2 Å². The molecule has 0 aromatic carbocycles. The summed E-state index contributed by atoms with van der Waals surface area (Å²) in [6.07, 6.45) is 11.2. The van der Waals surface area contributed by atoms with Gasteiger partial charge in [0.05, 0.1) is 46.1 Å². The Morgan fingerprint density at radius 1 is 0.658 bits per heavy atom. The predicted octanol–water partition coefficient (Wildman–Crippen LogP) is 8.45. The average Bonchev–Trinajstić information content (AvgIpc) is 3.57. The lowest BCUT2D eigenvalue weighted by molar-refractivity contribution is 0.472. The monoisotopic (exact) mass is 506 g/mol. The summed E-state index contributed by atoms with van der Waals surface area (Å²) >= 11 is 0. The number of aliphatic imine (C=N–C) groups is 3. The summed E-state index contributed by atoms with van der Waals surface area (Å²) in [4.78, 5) is 19.0. The van der Waals surface area contributed by atoms with Crippen LogP contribution < -0.4 is 0 Å². The third-order valence-electron chi connectivity index (χ3n) is 8.43. The van der Waals surface area contributed by atoms with E-state index in [1.54, 1.807) is 0 Å². The van der Waals surface area contributed by atoms with Gasteiger partial charge < -0.3 is 10.1 Å². The van der Waals surface area contributed by atoms with E-state index in [0.717, 1.165) is 82.4 Å². The number of aliphatic hydroxyl groups is 1. The largest absolute Gasteiger partial charge is 0.515 e. The summed E-state index contributed by atoms with van der Waals surface area (Å²) in [5.74, 6) is 0. The van der Waals surface area contributed by atoms with Crippen LogP contribution >= 0.6 is 0 Å². The number of fused-ring (bicyclic) bond motifs is 5. The van der Waals surface area contributed by atoms with Crippen molar-refractivity contribution in [2.75, 3.05) is 0 Å². The second-order valence-corrected chi connectivity index (χ2v) is 10.3. The van der Waals surface area contributed by atoms with Gasteiger partial charge in [-0.1, -0.05) is 27.7 Å². The van der Waals surface area contributed by atoms with Crippen molar-refractivity contribution in [3.8, 4) is 0 Å². The SMILES string of the molecule is CCC1=C(C)C2=NC1=CC1=NC(=Cc3[nH]c(c(CC)c3C)C=C3N=C(C(C)=C3CC)/C2=C/O)C(C)=C1CC. The van der Waals surface area contributed by atoms with E-state index >= 15 is 0 Å². The van der Waals surface area contributed by atoms with Crippen molar-refractivity contribution in [2.24, 2.45) is 15.0 Å². The molecule has 5 nitrogen and oxygen atoms in total. The molecule has 5 rings (SSSR count). The number of H-pyrrole nitrogens is 1. The maximum atomic E-state index is 10.5. The summed E-state index contributed by atoms with van der Waals surface area (Å²) in [7, 11) is 0. The Morgan fingerprint density at radius 2 is 1.21 bits per heavy atom. The van der Waals surface area contributed by atoms with E-state index in [4.69, 9.17) is 15.0 Å². The first-order valence-electron chi connectivity index (χ1n) is 13.9. The molecule has 0 saturated carbocycles. The molecular formula is C33H38N4O. The standard InChI is InChI=1S/C33H38N4O/c1-9-21-17(5)26-13-27-18(6)22(10-2)29(35-27)15-31-24(12-4)20(8)33(37-31)25(16-38)32-19(7)23(11-3)30(36-32)14-28(21)34-26/h13-16,34,38H,9-12H2,1-8H3/b25-16-,27-13?,30-14?,31-15?. The lowest BCUT2D eigenvalue weighted by Crippen LogP contribution is -2.13. The van der Waals surface area contributed by atoms with Gasteiger partial charge in [-0.3, -0.25) is 0 Å². The highest BCUT2D eigenvalue weighted by Gasteiger charge is 2.31. The number of nitrogens with one attached hydrogen (secondary N) is 1. The topological polar surface area (TPSA) is 73.1 Å². The van der Waals surface area contributed by atoms with E-state index in [0.29, 0.717) is 5.57 Å². The number of allylic oxidation sites excluding steroid dienone is 8. The number of hydrogen-bond donors (Lipinski definition) is 2. The smallest absolute Gasteiger partial charge is 0.0907 e. The fourth-order valence-electron chi connectivity index (χ4n) is 6.24. The van der Waals surface area contributed by atoms with Crippen molar-refractivity contribution in [1.29, 1.82) is 0 Å². The van der Waals surface area contributed by atoms with Crippen LogP contribution in [0.2, 0.25) is 0 Å². The molecule has 0 atom stereocenters. The Labute approximate surface area is 226 Å². The molecule has 0 aliphatic carbocycles. The molecule has 0 fully saturated rings. The van der Waals surface area contributed by atoms with E-state index in [1.165, 1.54) is 39.7 Å². The van der Waals surface area contributed by atoms with Crippen molar-refractivity contribution < 1.29 is 5.11 Å². The highest BCUT2D eigenvalue weighted by molar-refractivity contribution is 6.36. The van der Waals surface area contributed by atoms with Crippen LogP contribution in [-0.2, 0) is 6.42 Å².